The maximum Gasteiger partial charge on any atom is 0.273 e. The molecular weight excluding hydrogens is 372 g/mol. The zero-order valence-corrected chi connectivity index (χ0v) is 16.4. The predicted octanol–water partition coefficient (Wildman–Crippen LogP) is 0.892. The molecule has 6 nitrogen and oxygen atoms in total. The summed E-state index contributed by atoms with van der Waals surface area (Å²) in [6.45, 7) is 3.44. The standard InChI is InChI=1S/C18H21ClN4O2S/c1-21-7-9-23(10-8-21)16(24)11-22(2)18(25)15-12-26-17(20-15)13-3-5-14(19)6-4-13/h3-6,12H,7-11H2,1-2H3/p+1. The number of hydrogen-bond acceptors (Lipinski definition) is 4. The van der Waals surface area contributed by atoms with Gasteiger partial charge < -0.3 is 14.7 Å². The fourth-order valence-electron chi connectivity index (χ4n) is 2.81. The van der Waals surface area contributed by atoms with Crippen LogP contribution in [0.3, 0.4) is 0 Å². The molecule has 0 atom stereocenters. The van der Waals surface area contributed by atoms with Crippen LogP contribution in [0.1, 0.15) is 10.5 Å². The van der Waals surface area contributed by atoms with Gasteiger partial charge in [0.2, 0.25) is 5.91 Å². The molecule has 0 saturated carbocycles. The van der Waals surface area contributed by atoms with Crippen LogP contribution in [-0.4, -0.2) is 73.4 Å². The van der Waals surface area contributed by atoms with Crippen molar-refractivity contribution >= 4 is 34.8 Å². The maximum atomic E-state index is 12.6. The average Bonchev–Trinajstić information content (AvgIpc) is 3.12. The number of carbonyl (C=O) groups is 2. The zero-order valence-electron chi connectivity index (χ0n) is 14.9. The lowest BCUT2D eigenvalue weighted by molar-refractivity contribution is -0.883. The highest BCUT2D eigenvalue weighted by Crippen LogP contribution is 2.25. The first-order chi connectivity index (χ1) is 12.4. The molecule has 1 saturated heterocycles. The van der Waals surface area contributed by atoms with E-state index in [1.165, 1.54) is 21.1 Å². The molecule has 26 heavy (non-hydrogen) atoms. The van der Waals surface area contributed by atoms with Crippen LogP contribution < -0.4 is 4.90 Å². The quantitative estimate of drug-likeness (QED) is 0.839. The Morgan fingerprint density at radius 3 is 2.58 bits per heavy atom. The summed E-state index contributed by atoms with van der Waals surface area (Å²) in [5, 5.41) is 3.14. The minimum Gasteiger partial charge on any atom is -0.334 e. The van der Waals surface area contributed by atoms with Crippen LogP contribution in [0.2, 0.25) is 5.02 Å². The van der Waals surface area contributed by atoms with Gasteiger partial charge in [-0.05, 0) is 12.1 Å². The molecule has 138 valence electrons. The normalized spacial score (nSPS) is 15.1. The number of piperazine rings is 1. The molecule has 3 rings (SSSR count). The van der Waals surface area contributed by atoms with Crippen molar-refractivity contribution in [3.8, 4) is 10.6 Å². The third-order valence-corrected chi connectivity index (χ3v) is 5.65. The van der Waals surface area contributed by atoms with Crippen molar-refractivity contribution in [2.75, 3.05) is 46.8 Å². The van der Waals surface area contributed by atoms with Crippen molar-refractivity contribution in [3.05, 3.63) is 40.4 Å². The second kappa shape index (κ2) is 8.16. The maximum absolute atomic E-state index is 12.6. The number of amides is 2. The number of quaternary nitrogens is 1. The first-order valence-electron chi connectivity index (χ1n) is 8.50. The van der Waals surface area contributed by atoms with Gasteiger partial charge in [0.05, 0.1) is 39.8 Å². The SMILES string of the molecule is CN(CC(=O)N1CC[NH+](C)CC1)C(=O)c1csc(-c2ccc(Cl)cc2)n1. The second-order valence-electron chi connectivity index (χ2n) is 6.54. The zero-order chi connectivity index (χ0) is 18.7. The second-order valence-corrected chi connectivity index (χ2v) is 7.84. The first-order valence-corrected chi connectivity index (χ1v) is 9.76. The number of thiazole rings is 1. The van der Waals surface area contributed by atoms with Crippen molar-refractivity contribution in [3.63, 3.8) is 0 Å². The summed E-state index contributed by atoms with van der Waals surface area (Å²) < 4.78 is 0. The summed E-state index contributed by atoms with van der Waals surface area (Å²) in [6.07, 6.45) is 0. The van der Waals surface area contributed by atoms with Crippen LogP contribution in [0.25, 0.3) is 10.6 Å². The Morgan fingerprint density at radius 2 is 1.92 bits per heavy atom. The van der Waals surface area contributed by atoms with E-state index in [2.05, 4.69) is 12.0 Å². The first kappa shape index (κ1) is 18.8. The molecule has 8 heteroatoms. The van der Waals surface area contributed by atoms with E-state index >= 15 is 0 Å². The summed E-state index contributed by atoms with van der Waals surface area (Å²) in [7, 11) is 3.76. The van der Waals surface area contributed by atoms with E-state index in [-0.39, 0.29) is 18.4 Å². The van der Waals surface area contributed by atoms with Crippen LogP contribution in [0.5, 0.6) is 0 Å². The number of nitrogens with one attached hydrogen (secondary N) is 1. The van der Waals surface area contributed by atoms with Gasteiger partial charge in [-0.3, -0.25) is 9.59 Å². The summed E-state index contributed by atoms with van der Waals surface area (Å²) in [4.78, 5) is 34.1. The van der Waals surface area contributed by atoms with Gasteiger partial charge >= 0.3 is 0 Å². The van der Waals surface area contributed by atoms with E-state index in [0.717, 1.165) is 36.8 Å². The van der Waals surface area contributed by atoms with E-state index in [1.54, 1.807) is 24.6 Å². The van der Waals surface area contributed by atoms with Gasteiger partial charge in [0.1, 0.15) is 10.7 Å². The smallest absolute Gasteiger partial charge is 0.273 e. The number of aromatic nitrogens is 1. The van der Waals surface area contributed by atoms with Crippen molar-refractivity contribution in [2.45, 2.75) is 0 Å². The highest BCUT2D eigenvalue weighted by Gasteiger charge is 2.24. The lowest BCUT2D eigenvalue weighted by Gasteiger charge is -2.31. The average molecular weight is 394 g/mol. The highest BCUT2D eigenvalue weighted by molar-refractivity contribution is 7.13. The third-order valence-electron chi connectivity index (χ3n) is 4.50. The molecule has 0 radical (unpaired) electrons. The lowest BCUT2D eigenvalue weighted by Crippen LogP contribution is -3.12. The molecular formula is C18H22ClN4O2S+. The van der Waals surface area contributed by atoms with Crippen LogP contribution >= 0.6 is 22.9 Å². The molecule has 1 aliphatic rings. The van der Waals surface area contributed by atoms with Crippen LogP contribution in [0.15, 0.2) is 29.6 Å². The number of carbonyl (C=O) groups excluding carboxylic acids is 2. The van der Waals surface area contributed by atoms with E-state index < -0.39 is 0 Å². The largest absolute Gasteiger partial charge is 0.334 e. The van der Waals surface area contributed by atoms with Gasteiger partial charge in [-0.15, -0.1) is 11.3 Å². The van der Waals surface area contributed by atoms with E-state index in [0.29, 0.717) is 10.7 Å². The summed E-state index contributed by atoms with van der Waals surface area (Å²) in [5.41, 5.74) is 1.27. The Balaban J connectivity index is 1.61. The van der Waals surface area contributed by atoms with Crippen molar-refractivity contribution < 1.29 is 14.5 Å². The summed E-state index contributed by atoms with van der Waals surface area (Å²) in [5.74, 6) is -0.254. The van der Waals surface area contributed by atoms with Gasteiger partial charge in [-0.2, -0.15) is 0 Å². The number of nitrogens with zero attached hydrogens (tertiary/aromatic N) is 3. The van der Waals surface area contributed by atoms with E-state index in [1.807, 2.05) is 17.0 Å². The topological polar surface area (TPSA) is 58.0 Å². The van der Waals surface area contributed by atoms with Gasteiger partial charge in [0, 0.05) is 23.0 Å². The minimum absolute atomic E-state index is 0.0125. The van der Waals surface area contributed by atoms with Crippen molar-refractivity contribution in [1.82, 2.24) is 14.8 Å². The number of rotatable bonds is 4. The van der Waals surface area contributed by atoms with Gasteiger partial charge in [0.15, 0.2) is 0 Å². The Morgan fingerprint density at radius 1 is 1.27 bits per heavy atom. The summed E-state index contributed by atoms with van der Waals surface area (Å²) >= 11 is 7.30. The summed E-state index contributed by atoms with van der Waals surface area (Å²) in [6, 6.07) is 7.33. The fourth-order valence-corrected chi connectivity index (χ4v) is 3.73. The van der Waals surface area contributed by atoms with Crippen LogP contribution in [0.4, 0.5) is 0 Å². The molecule has 1 aromatic heterocycles. The Labute approximate surface area is 162 Å². The third kappa shape index (κ3) is 4.41. The van der Waals surface area contributed by atoms with Crippen molar-refractivity contribution in [2.24, 2.45) is 0 Å². The van der Waals surface area contributed by atoms with Crippen LogP contribution in [0, 0.1) is 0 Å². The molecule has 1 N–H and O–H groups in total. The molecule has 0 aliphatic carbocycles. The Kier molecular flexibility index (Phi) is 5.90. The number of halogens is 1. The number of likely N-dealkylation sites (N-methyl/N-ethyl adjacent to an activating group) is 2. The molecule has 0 bridgehead atoms. The van der Waals surface area contributed by atoms with E-state index in [9.17, 15) is 9.59 Å². The van der Waals surface area contributed by atoms with E-state index in [4.69, 9.17) is 11.6 Å². The lowest BCUT2D eigenvalue weighted by atomic mass is 10.2. The number of benzene rings is 1. The molecule has 1 aromatic carbocycles. The number of hydrogen-bond donors (Lipinski definition) is 1. The minimum atomic E-state index is -0.241. The van der Waals surface area contributed by atoms with Gasteiger partial charge in [0.25, 0.3) is 5.91 Å². The monoisotopic (exact) mass is 393 g/mol. The molecule has 0 spiro atoms. The van der Waals surface area contributed by atoms with Gasteiger partial charge in [-0.25, -0.2) is 4.98 Å². The molecule has 0 unspecified atom stereocenters. The van der Waals surface area contributed by atoms with Crippen LogP contribution in [-0.2, 0) is 4.79 Å². The molecule has 2 amide bonds. The Hall–Kier alpha value is -1.96. The molecule has 2 heterocycles. The van der Waals surface area contributed by atoms with Gasteiger partial charge in [-0.1, -0.05) is 23.7 Å². The molecule has 2 aromatic rings. The Bertz CT molecular complexity index is 785. The molecule has 1 fully saturated rings. The van der Waals surface area contributed by atoms with Crippen molar-refractivity contribution in [1.29, 1.82) is 0 Å². The highest BCUT2D eigenvalue weighted by atomic mass is 35.5. The molecule has 1 aliphatic heterocycles. The predicted molar refractivity (Wildman–Crippen MR) is 103 cm³/mol. The fraction of sp³-hybridized carbons (Fsp3) is 0.389.